The normalized spacial score (nSPS) is 14.2. The molecule has 0 unspecified atom stereocenters. The summed E-state index contributed by atoms with van der Waals surface area (Å²) >= 11 is 0. The highest BCUT2D eigenvalue weighted by atomic mass is 19.1. The van der Waals surface area contributed by atoms with E-state index in [0.29, 0.717) is 18.5 Å². The van der Waals surface area contributed by atoms with Crippen LogP contribution in [0.5, 0.6) is 0 Å². The molecule has 0 bridgehead atoms. The topological polar surface area (TPSA) is 74.6 Å². The van der Waals surface area contributed by atoms with E-state index in [1.54, 1.807) is 24.3 Å². The van der Waals surface area contributed by atoms with Crippen molar-refractivity contribution in [3.05, 3.63) is 72.2 Å². The smallest absolute Gasteiger partial charge is 0.287 e. The Morgan fingerprint density at radius 1 is 1.06 bits per heavy atom. The lowest BCUT2D eigenvalue weighted by Crippen LogP contribution is -2.43. The molecule has 0 saturated carbocycles. The zero-order chi connectivity index (χ0) is 23.2. The number of hydrogen-bond donors (Lipinski definition) is 2. The molecule has 1 atom stereocenters. The Hall–Kier alpha value is -3.61. The zero-order valence-electron chi connectivity index (χ0n) is 18.6. The van der Waals surface area contributed by atoms with Crippen LogP contribution >= 0.6 is 0 Å². The number of anilines is 2. The molecule has 2 aromatic carbocycles. The zero-order valence-corrected chi connectivity index (χ0v) is 18.6. The van der Waals surface area contributed by atoms with Crippen molar-refractivity contribution in [1.29, 1.82) is 0 Å². The van der Waals surface area contributed by atoms with E-state index in [4.69, 9.17) is 4.42 Å². The molecule has 1 aromatic heterocycles. The van der Waals surface area contributed by atoms with Crippen molar-refractivity contribution in [2.75, 3.05) is 23.3 Å². The molecule has 1 aliphatic rings. The fourth-order valence-electron chi connectivity index (χ4n) is 4.04. The van der Waals surface area contributed by atoms with Crippen molar-refractivity contribution in [2.24, 2.45) is 0 Å². The van der Waals surface area contributed by atoms with Crippen LogP contribution in [-0.2, 0) is 4.79 Å². The predicted octanol–water partition coefficient (Wildman–Crippen LogP) is 5.22. The van der Waals surface area contributed by atoms with Gasteiger partial charge in [-0.1, -0.05) is 31.5 Å². The van der Waals surface area contributed by atoms with Crippen LogP contribution in [0.2, 0.25) is 0 Å². The minimum Gasteiger partial charge on any atom is -0.451 e. The maximum absolute atomic E-state index is 14.0. The summed E-state index contributed by atoms with van der Waals surface area (Å²) < 4.78 is 19.6. The average molecular weight is 450 g/mol. The minimum atomic E-state index is -0.722. The number of nitrogens with one attached hydrogen (secondary N) is 2. The van der Waals surface area contributed by atoms with Crippen molar-refractivity contribution >= 4 is 23.2 Å². The third-order valence-corrected chi connectivity index (χ3v) is 5.75. The molecule has 33 heavy (non-hydrogen) atoms. The number of rotatable bonds is 8. The summed E-state index contributed by atoms with van der Waals surface area (Å²) in [6.07, 6.45) is 3.54. The van der Waals surface area contributed by atoms with Gasteiger partial charge in [0.2, 0.25) is 5.91 Å². The maximum Gasteiger partial charge on any atom is 0.287 e. The second-order valence-electron chi connectivity index (χ2n) is 8.19. The summed E-state index contributed by atoms with van der Waals surface area (Å²) in [6, 6.07) is 16.3. The van der Waals surface area contributed by atoms with Gasteiger partial charge in [0.1, 0.15) is 17.6 Å². The van der Waals surface area contributed by atoms with Crippen LogP contribution in [0.25, 0.3) is 11.3 Å². The number of furan rings is 1. The minimum absolute atomic E-state index is 0.0261. The van der Waals surface area contributed by atoms with E-state index in [1.165, 1.54) is 25.0 Å². The quantitative estimate of drug-likeness (QED) is 0.494. The molecule has 1 aliphatic heterocycles. The largest absolute Gasteiger partial charge is 0.451 e. The van der Waals surface area contributed by atoms with Crippen molar-refractivity contribution in [1.82, 2.24) is 5.32 Å². The molecule has 2 heterocycles. The summed E-state index contributed by atoms with van der Waals surface area (Å²) in [7, 11) is 0. The van der Waals surface area contributed by atoms with E-state index < -0.39 is 17.8 Å². The van der Waals surface area contributed by atoms with Gasteiger partial charge in [-0.3, -0.25) is 9.59 Å². The fourth-order valence-corrected chi connectivity index (χ4v) is 4.04. The van der Waals surface area contributed by atoms with Gasteiger partial charge in [0.15, 0.2) is 5.76 Å². The lowest BCUT2D eigenvalue weighted by Gasteiger charge is -2.20. The van der Waals surface area contributed by atoms with Gasteiger partial charge in [-0.2, -0.15) is 0 Å². The molecule has 1 fully saturated rings. The highest BCUT2D eigenvalue weighted by Gasteiger charge is 2.23. The van der Waals surface area contributed by atoms with E-state index >= 15 is 0 Å². The molecule has 0 radical (unpaired) electrons. The molecule has 172 valence electrons. The standard InChI is InChI=1S/C26H28FN3O3/c1-2-8-22(25(31)28-18-9-7-10-19(17-18)30-15-5-6-16-30)29-26(32)24-14-13-23(33-24)20-11-3-4-12-21(20)27/h3-4,7,9-14,17,22H,2,5-6,8,15-16H2,1H3,(H,28,31)(H,29,32)/t22-/m1/s1. The van der Waals surface area contributed by atoms with Gasteiger partial charge in [0.25, 0.3) is 5.91 Å². The van der Waals surface area contributed by atoms with E-state index in [-0.39, 0.29) is 23.0 Å². The summed E-state index contributed by atoms with van der Waals surface area (Å²) in [6.45, 7) is 3.98. The van der Waals surface area contributed by atoms with Crippen molar-refractivity contribution < 1.29 is 18.4 Å². The van der Waals surface area contributed by atoms with Gasteiger partial charge in [0.05, 0.1) is 5.56 Å². The number of hydrogen-bond acceptors (Lipinski definition) is 4. The third kappa shape index (κ3) is 5.42. The predicted molar refractivity (Wildman–Crippen MR) is 127 cm³/mol. The molecule has 2 amide bonds. The molecule has 0 aliphatic carbocycles. The molecule has 4 rings (SSSR count). The molecule has 3 aromatic rings. The van der Waals surface area contributed by atoms with E-state index in [1.807, 2.05) is 31.2 Å². The van der Waals surface area contributed by atoms with Crippen molar-refractivity contribution in [2.45, 2.75) is 38.6 Å². The van der Waals surface area contributed by atoms with Gasteiger partial charge in [-0.25, -0.2) is 4.39 Å². The van der Waals surface area contributed by atoms with Crippen LogP contribution in [-0.4, -0.2) is 30.9 Å². The highest BCUT2D eigenvalue weighted by molar-refractivity contribution is 6.00. The Kier molecular flexibility index (Phi) is 7.07. The highest BCUT2D eigenvalue weighted by Crippen LogP contribution is 2.25. The van der Waals surface area contributed by atoms with Gasteiger partial charge < -0.3 is 20.0 Å². The second kappa shape index (κ2) is 10.3. The SMILES string of the molecule is CCC[C@@H](NC(=O)c1ccc(-c2ccccc2F)o1)C(=O)Nc1cccc(N2CCCC2)c1. The fraction of sp³-hybridized carbons (Fsp3) is 0.308. The second-order valence-corrected chi connectivity index (χ2v) is 8.19. The molecular formula is C26H28FN3O3. The Balaban J connectivity index is 1.43. The lowest BCUT2D eigenvalue weighted by atomic mass is 10.1. The van der Waals surface area contributed by atoms with E-state index in [2.05, 4.69) is 15.5 Å². The van der Waals surface area contributed by atoms with Gasteiger partial charge in [-0.15, -0.1) is 0 Å². The number of benzene rings is 2. The molecule has 2 N–H and O–H groups in total. The first kappa shape index (κ1) is 22.6. The number of carbonyl (C=O) groups excluding carboxylic acids is 2. The van der Waals surface area contributed by atoms with Crippen LogP contribution in [0.1, 0.15) is 43.2 Å². The van der Waals surface area contributed by atoms with E-state index in [0.717, 1.165) is 18.8 Å². The lowest BCUT2D eigenvalue weighted by molar-refractivity contribution is -0.118. The van der Waals surface area contributed by atoms with Crippen LogP contribution < -0.4 is 15.5 Å². The Morgan fingerprint density at radius 2 is 1.85 bits per heavy atom. The van der Waals surface area contributed by atoms with Crippen molar-refractivity contribution in [3.63, 3.8) is 0 Å². The summed E-state index contributed by atoms with van der Waals surface area (Å²) in [5.74, 6) is -0.952. The van der Waals surface area contributed by atoms with Crippen LogP contribution in [0.4, 0.5) is 15.8 Å². The average Bonchev–Trinajstić information content (AvgIpc) is 3.52. The van der Waals surface area contributed by atoms with Gasteiger partial charge >= 0.3 is 0 Å². The van der Waals surface area contributed by atoms with Crippen LogP contribution in [0.15, 0.2) is 65.1 Å². The summed E-state index contributed by atoms with van der Waals surface area (Å²) in [5.41, 5.74) is 2.05. The van der Waals surface area contributed by atoms with Crippen molar-refractivity contribution in [3.8, 4) is 11.3 Å². The maximum atomic E-state index is 14.0. The number of carbonyl (C=O) groups is 2. The summed E-state index contributed by atoms with van der Waals surface area (Å²) in [4.78, 5) is 28.0. The van der Waals surface area contributed by atoms with Gasteiger partial charge in [0, 0.05) is 24.5 Å². The Labute approximate surface area is 192 Å². The van der Waals surface area contributed by atoms with Gasteiger partial charge in [-0.05, 0) is 61.7 Å². The van der Waals surface area contributed by atoms with E-state index in [9.17, 15) is 14.0 Å². The number of nitrogens with zero attached hydrogens (tertiary/aromatic N) is 1. The first-order valence-electron chi connectivity index (χ1n) is 11.4. The number of halogens is 1. The third-order valence-electron chi connectivity index (χ3n) is 5.75. The van der Waals surface area contributed by atoms with Crippen LogP contribution in [0, 0.1) is 5.82 Å². The molecule has 1 saturated heterocycles. The molecular weight excluding hydrogens is 421 g/mol. The molecule has 6 nitrogen and oxygen atoms in total. The molecule has 0 spiro atoms. The number of amides is 2. The first-order chi connectivity index (χ1) is 16.0. The first-order valence-corrected chi connectivity index (χ1v) is 11.4. The molecule has 7 heteroatoms. The van der Waals surface area contributed by atoms with Crippen LogP contribution in [0.3, 0.4) is 0 Å². The Bertz CT molecular complexity index is 1120. The monoisotopic (exact) mass is 449 g/mol. The summed E-state index contributed by atoms with van der Waals surface area (Å²) in [5, 5.41) is 5.68. The Morgan fingerprint density at radius 3 is 2.61 bits per heavy atom.